The first-order valence-electron chi connectivity index (χ1n) is 8.50. The van der Waals surface area contributed by atoms with Crippen molar-refractivity contribution < 1.29 is 18.6 Å². The zero-order valence-electron chi connectivity index (χ0n) is 14.3. The number of rotatable bonds is 3. The Balaban J connectivity index is 1.53. The quantitative estimate of drug-likeness (QED) is 0.798. The van der Waals surface area contributed by atoms with Gasteiger partial charge in [-0.15, -0.1) is 0 Å². The number of ether oxygens (including phenoxy) is 1. The van der Waals surface area contributed by atoms with Gasteiger partial charge in [0.05, 0.1) is 23.5 Å². The molecule has 124 valence electrons. The predicted molar refractivity (Wildman–Crippen MR) is 86.0 cm³/mol. The van der Waals surface area contributed by atoms with Gasteiger partial charge in [-0.1, -0.05) is 11.2 Å². The average molecular weight is 317 g/mol. The third-order valence-electron chi connectivity index (χ3n) is 5.43. The Labute approximate surface area is 137 Å². The molecule has 23 heavy (non-hydrogen) atoms. The largest absolute Gasteiger partial charge is 0.490 e. The molecule has 2 aliphatic heterocycles. The van der Waals surface area contributed by atoms with E-state index in [0.717, 1.165) is 23.3 Å². The second-order valence-corrected chi connectivity index (χ2v) is 7.80. The van der Waals surface area contributed by atoms with Gasteiger partial charge in [0.1, 0.15) is 6.10 Å². The van der Waals surface area contributed by atoms with E-state index < -0.39 is 0 Å². The molecule has 5 nitrogen and oxygen atoms in total. The van der Waals surface area contributed by atoms with E-state index in [1.807, 2.05) is 6.07 Å². The van der Waals surface area contributed by atoms with Crippen molar-refractivity contribution in [3.8, 4) is 0 Å². The third-order valence-corrected chi connectivity index (χ3v) is 5.43. The minimum absolute atomic E-state index is 0.197. The van der Waals surface area contributed by atoms with Gasteiger partial charge in [0, 0.05) is 12.0 Å². The van der Waals surface area contributed by atoms with Crippen molar-refractivity contribution in [2.24, 2.45) is 0 Å². The molecule has 0 N–H and O–H groups in total. The summed E-state index contributed by atoms with van der Waals surface area (Å²) in [7, 11) is -0.308. The Morgan fingerprint density at radius 1 is 1.13 bits per heavy atom. The minimum Gasteiger partial charge on any atom is -0.400 e. The van der Waals surface area contributed by atoms with Crippen LogP contribution >= 0.6 is 0 Å². The molecule has 3 heterocycles. The van der Waals surface area contributed by atoms with Gasteiger partial charge in [-0.3, -0.25) is 0 Å². The maximum absolute atomic E-state index is 6.15. The lowest BCUT2D eigenvalue weighted by Crippen LogP contribution is -2.41. The molecule has 1 aromatic heterocycles. The molecule has 2 fully saturated rings. The van der Waals surface area contributed by atoms with Gasteiger partial charge in [-0.05, 0) is 52.4 Å². The first-order chi connectivity index (χ1) is 10.9. The molecule has 1 aromatic rings. The van der Waals surface area contributed by atoms with Crippen LogP contribution in [0.4, 0.5) is 0 Å². The first kappa shape index (κ1) is 15.4. The highest BCUT2D eigenvalue weighted by Crippen LogP contribution is 2.42. The standard InChI is InChI=1S/C17H24BNO4/c1-16(2)17(3,4)23-18(22-16)12-7-8-20-14(9-12)15-10-13(19-21-15)11-5-6-11/h9-11,14H,5-8H2,1-4H3/t14-/m1/s1. The van der Waals surface area contributed by atoms with Gasteiger partial charge < -0.3 is 18.6 Å². The lowest BCUT2D eigenvalue weighted by Gasteiger charge is -2.32. The van der Waals surface area contributed by atoms with Crippen molar-refractivity contribution in [3.63, 3.8) is 0 Å². The van der Waals surface area contributed by atoms with Crippen molar-refractivity contribution in [2.75, 3.05) is 6.61 Å². The van der Waals surface area contributed by atoms with E-state index in [2.05, 4.69) is 38.9 Å². The van der Waals surface area contributed by atoms with Crippen LogP contribution < -0.4 is 0 Å². The van der Waals surface area contributed by atoms with Gasteiger partial charge in [0.25, 0.3) is 0 Å². The molecule has 4 rings (SSSR count). The summed E-state index contributed by atoms with van der Waals surface area (Å²) in [6.07, 6.45) is 5.12. The van der Waals surface area contributed by atoms with Crippen LogP contribution in [-0.2, 0) is 14.0 Å². The van der Waals surface area contributed by atoms with Gasteiger partial charge in [0.2, 0.25) is 0 Å². The lowest BCUT2D eigenvalue weighted by atomic mass is 9.74. The van der Waals surface area contributed by atoms with E-state index in [9.17, 15) is 0 Å². The molecule has 3 aliphatic rings. The van der Waals surface area contributed by atoms with Crippen LogP contribution in [0.2, 0.25) is 0 Å². The summed E-state index contributed by atoms with van der Waals surface area (Å²) in [5.74, 6) is 1.36. The zero-order valence-corrected chi connectivity index (χ0v) is 14.3. The van der Waals surface area contributed by atoms with Crippen LogP contribution in [0.25, 0.3) is 0 Å². The van der Waals surface area contributed by atoms with Gasteiger partial charge in [0.15, 0.2) is 5.76 Å². The third kappa shape index (κ3) is 2.77. The molecule has 0 radical (unpaired) electrons. The van der Waals surface area contributed by atoms with E-state index in [1.54, 1.807) is 0 Å². The second kappa shape index (κ2) is 5.20. The number of hydrogen-bond donors (Lipinski definition) is 0. The van der Waals surface area contributed by atoms with Crippen LogP contribution in [0.1, 0.15) is 70.4 Å². The van der Waals surface area contributed by atoms with Gasteiger partial charge >= 0.3 is 7.12 Å². The van der Waals surface area contributed by atoms with Crippen LogP contribution in [0.15, 0.2) is 22.1 Å². The molecule has 0 amide bonds. The van der Waals surface area contributed by atoms with Crippen molar-refractivity contribution in [2.45, 2.75) is 70.2 Å². The SMILES string of the molecule is CC1(C)OB(C2=C[C@H](c3cc(C4CC4)no3)OCC2)OC1(C)C. The summed E-state index contributed by atoms with van der Waals surface area (Å²) in [4.78, 5) is 0. The zero-order chi connectivity index (χ0) is 16.2. The molecule has 1 saturated carbocycles. The molecule has 1 saturated heterocycles. The van der Waals surface area contributed by atoms with E-state index in [0.29, 0.717) is 12.5 Å². The highest BCUT2D eigenvalue weighted by atomic mass is 16.7. The maximum atomic E-state index is 6.15. The molecule has 1 atom stereocenters. The van der Waals surface area contributed by atoms with Crippen LogP contribution in [0, 0.1) is 0 Å². The molecule has 1 aliphatic carbocycles. The Bertz CT molecular complexity index is 616. The van der Waals surface area contributed by atoms with Crippen molar-refractivity contribution >= 4 is 7.12 Å². The summed E-state index contributed by atoms with van der Waals surface area (Å²) < 4.78 is 23.6. The van der Waals surface area contributed by atoms with Crippen LogP contribution in [0.3, 0.4) is 0 Å². The Hall–Kier alpha value is -1.11. The molecule has 6 heteroatoms. The molecule has 0 bridgehead atoms. The van der Waals surface area contributed by atoms with Gasteiger partial charge in [-0.2, -0.15) is 0 Å². The maximum Gasteiger partial charge on any atom is 0.490 e. The fourth-order valence-corrected chi connectivity index (χ4v) is 2.99. The number of aromatic nitrogens is 1. The van der Waals surface area contributed by atoms with E-state index in [1.165, 1.54) is 12.8 Å². The van der Waals surface area contributed by atoms with Crippen molar-refractivity contribution in [1.29, 1.82) is 0 Å². The predicted octanol–water partition coefficient (Wildman–Crippen LogP) is 3.57. The summed E-state index contributed by atoms with van der Waals surface area (Å²) in [6, 6.07) is 2.03. The van der Waals surface area contributed by atoms with Crippen LogP contribution in [0.5, 0.6) is 0 Å². The van der Waals surface area contributed by atoms with Gasteiger partial charge in [-0.25, -0.2) is 0 Å². The molecule has 0 unspecified atom stereocenters. The summed E-state index contributed by atoms with van der Waals surface area (Å²) in [6.45, 7) is 8.93. The molecular weight excluding hydrogens is 293 g/mol. The fraction of sp³-hybridized carbons (Fsp3) is 0.706. The molecular formula is C17H24BNO4. The minimum atomic E-state index is -0.322. The summed E-state index contributed by atoms with van der Waals surface area (Å²) in [5.41, 5.74) is 1.54. The first-order valence-corrected chi connectivity index (χ1v) is 8.50. The van der Waals surface area contributed by atoms with E-state index in [-0.39, 0.29) is 24.4 Å². The van der Waals surface area contributed by atoms with Crippen LogP contribution in [-0.4, -0.2) is 30.1 Å². The smallest absolute Gasteiger partial charge is 0.400 e. The van der Waals surface area contributed by atoms with Crippen molar-refractivity contribution in [3.05, 3.63) is 29.1 Å². The second-order valence-electron chi connectivity index (χ2n) is 7.80. The Kier molecular flexibility index (Phi) is 3.48. The highest BCUT2D eigenvalue weighted by molar-refractivity contribution is 6.54. The van der Waals surface area contributed by atoms with E-state index in [4.69, 9.17) is 18.6 Å². The van der Waals surface area contributed by atoms with E-state index >= 15 is 0 Å². The number of hydrogen-bond acceptors (Lipinski definition) is 5. The van der Waals surface area contributed by atoms with Crippen molar-refractivity contribution in [1.82, 2.24) is 5.16 Å². The number of nitrogens with zero attached hydrogens (tertiary/aromatic N) is 1. The summed E-state index contributed by atoms with van der Waals surface area (Å²) >= 11 is 0. The molecule has 0 spiro atoms. The fourth-order valence-electron chi connectivity index (χ4n) is 2.99. The molecule has 0 aromatic carbocycles. The Morgan fingerprint density at radius 3 is 2.48 bits per heavy atom. The monoisotopic (exact) mass is 317 g/mol. The topological polar surface area (TPSA) is 53.7 Å². The Morgan fingerprint density at radius 2 is 1.83 bits per heavy atom. The lowest BCUT2D eigenvalue weighted by molar-refractivity contribution is 0.00578. The normalized spacial score (nSPS) is 29.7. The summed E-state index contributed by atoms with van der Waals surface area (Å²) in [5, 5.41) is 4.18. The average Bonchev–Trinajstić information content (AvgIpc) is 3.18. The highest BCUT2D eigenvalue weighted by Gasteiger charge is 2.52.